The number of nitrogens with one attached hydrogen (secondary N) is 1. The maximum atomic E-state index is 11.8. The molecule has 14 heavy (non-hydrogen) atoms. The third-order valence-corrected chi connectivity index (χ3v) is 3.88. The molecule has 4 nitrogen and oxygen atoms in total. The molecule has 0 rings (SSSR count). The Hall–Kier alpha value is -0.130. The SMILES string of the molecule is CN(C(C)(C)C)S(=O)(=O)NC(C)(C)C. The minimum Gasteiger partial charge on any atom is -0.197 e. The second kappa shape index (κ2) is 3.79. The Morgan fingerprint density at radius 3 is 1.57 bits per heavy atom. The van der Waals surface area contributed by atoms with Crippen molar-refractivity contribution < 1.29 is 8.42 Å². The molecule has 1 N–H and O–H groups in total. The highest BCUT2D eigenvalue weighted by molar-refractivity contribution is 7.87. The van der Waals surface area contributed by atoms with Crippen LogP contribution < -0.4 is 4.72 Å². The third-order valence-electron chi connectivity index (χ3n) is 1.74. The maximum absolute atomic E-state index is 11.8. The smallest absolute Gasteiger partial charge is 0.197 e. The molecule has 0 radical (unpaired) electrons. The first-order chi connectivity index (χ1) is 5.86. The lowest BCUT2D eigenvalue weighted by atomic mass is 10.1. The molecule has 0 spiro atoms. The highest BCUT2D eigenvalue weighted by Crippen LogP contribution is 2.15. The number of hydrogen-bond acceptors (Lipinski definition) is 2. The van der Waals surface area contributed by atoms with Gasteiger partial charge in [0, 0.05) is 18.1 Å². The molecule has 0 saturated heterocycles. The first kappa shape index (κ1) is 13.9. The van der Waals surface area contributed by atoms with Gasteiger partial charge in [0.15, 0.2) is 0 Å². The van der Waals surface area contributed by atoms with Crippen LogP contribution in [0.5, 0.6) is 0 Å². The van der Waals surface area contributed by atoms with Crippen molar-refractivity contribution in [1.29, 1.82) is 0 Å². The fourth-order valence-corrected chi connectivity index (χ4v) is 2.45. The Labute approximate surface area is 87.9 Å². The van der Waals surface area contributed by atoms with Gasteiger partial charge in [-0.3, -0.25) is 0 Å². The van der Waals surface area contributed by atoms with Gasteiger partial charge in [0.05, 0.1) is 0 Å². The zero-order valence-corrected chi connectivity index (χ0v) is 11.0. The molecule has 0 aromatic carbocycles. The summed E-state index contributed by atoms with van der Waals surface area (Å²) in [7, 11) is -1.81. The average molecular weight is 222 g/mol. The highest BCUT2D eigenvalue weighted by atomic mass is 32.2. The van der Waals surface area contributed by atoms with Gasteiger partial charge in [-0.2, -0.15) is 17.4 Å². The van der Waals surface area contributed by atoms with Crippen LogP contribution in [0.15, 0.2) is 0 Å². The molecule has 0 heterocycles. The summed E-state index contributed by atoms with van der Waals surface area (Å²) in [5.41, 5.74) is -0.852. The fraction of sp³-hybridized carbons (Fsp3) is 1.00. The van der Waals surface area contributed by atoms with Crippen molar-refractivity contribution in [3.8, 4) is 0 Å². The zero-order chi connectivity index (χ0) is 11.8. The summed E-state index contributed by atoms with van der Waals surface area (Å²) < 4.78 is 27.6. The van der Waals surface area contributed by atoms with Crippen molar-refractivity contribution in [3.05, 3.63) is 0 Å². The van der Waals surface area contributed by atoms with E-state index in [0.29, 0.717) is 0 Å². The van der Waals surface area contributed by atoms with Gasteiger partial charge in [-0.05, 0) is 41.5 Å². The van der Waals surface area contributed by atoms with Crippen LogP contribution in [-0.4, -0.2) is 30.8 Å². The van der Waals surface area contributed by atoms with Gasteiger partial charge in [0.2, 0.25) is 0 Å². The molecule has 0 aliphatic heterocycles. The molecular weight excluding hydrogens is 200 g/mol. The van der Waals surface area contributed by atoms with E-state index in [0.717, 1.165) is 0 Å². The molecule has 0 fully saturated rings. The predicted octanol–water partition coefficient (Wildman–Crippen LogP) is 1.35. The summed E-state index contributed by atoms with van der Waals surface area (Å²) >= 11 is 0. The largest absolute Gasteiger partial charge is 0.280 e. The quantitative estimate of drug-likeness (QED) is 0.766. The Kier molecular flexibility index (Phi) is 3.76. The second-order valence-corrected chi connectivity index (χ2v) is 7.20. The predicted molar refractivity (Wildman–Crippen MR) is 59.3 cm³/mol. The molecule has 86 valence electrons. The van der Waals surface area contributed by atoms with E-state index in [4.69, 9.17) is 0 Å². The Bertz CT molecular complexity index is 283. The van der Waals surface area contributed by atoms with Crippen LogP contribution >= 0.6 is 0 Å². The monoisotopic (exact) mass is 222 g/mol. The summed E-state index contributed by atoms with van der Waals surface area (Å²) in [6.07, 6.45) is 0. The molecule has 0 bridgehead atoms. The molecule has 0 saturated carbocycles. The van der Waals surface area contributed by atoms with Gasteiger partial charge < -0.3 is 0 Å². The summed E-state index contributed by atoms with van der Waals surface area (Å²) in [5.74, 6) is 0. The topological polar surface area (TPSA) is 49.4 Å². The van der Waals surface area contributed by atoms with Crippen LogP contribution in [0.3, 0.4) is 0 Å². The van der Waals surface area contributed by atoms with E-state index in [-0.39, 0.29) is 0 Å². The summed E-state index contributed by atoms with van der Waals surface area (Å²) in [6.45, 7) is 11.0. The van der Waals surface area contributed by atoms with E-state index in [9.17, 15) is 8.42 Å². The van der Waals surface area contributed by atoms with Gasteiger partial charge in [-0.1, -0.05) is 0 Å². The van der Waals surface area contributed by atoms with Crippen LogP contribution in [0.1, 0.15) is 41.5 Å². The zero-order valence-electron chi connectivity index (χ0n) is 10.2. The third kappa shape index (κ3) is 4.39. The van der Waals surface area contributed by atoms with Crippen molar-refractivity contribution in [1.82, 2.24) is 9.03 Å². The van der Waals surface area contributed by atoms with E-state index in [2.05, 4.69) is 4.72 Å². The van der Waals surface area contributed by atoms with Crippen molar-refractivity contribution >= 4 is 10.2 Å². The average Bonchev–Trinajstić information content (AvgIpc) is 1.78. The van der Waals surface area contributed by atoms with Gasteiger partial charge in [0.1, 0.15) is 0 Å². The summed E-state index contributed by atoms with van der Waals surface area (Å²) in [4.78, 5) is 0. The first-order valence-electron chi connectivity index (χ1n) is 4.64. The van der Waals surface area contributed by atoms with E-state index in [1.54, 1.807) is 7.05 Å². The van der Waals surface area contributed by atoms with E-state index < -0.39 is 21.3 Å². The van der Waals surface area contributed by atoms with Crippen LogP contribution in [0.4, 0.5) is 0 Å². The molecule has 0 aromatic rings. The first-order valence-corrected chi connectivity index (χ1v) is 6.08. The minimum atomic E-state index is -3.39. The van der Waals surface area contributed by atoms with Gasteiger partial charge in [-0.15, -0.1) is 0 Å². The molecule has 0 aromatic heterocycles. The minimum absolute atomic E-state index is 0.406. The van der Waals surface area contributed by atoms with Gasteiger partial charge in [0.25, 0.3) is 10.2 Å². The molecule has 0 atom stereocenters. The molecular formula is C9H22N2O2S. The molecule has 0 unspecified atom stereocenters. The number of nitrogens with zero attached hydrogens (tertiary/aromatic N) is 1. The molecule has 0 aliphatic rings. The van der Waals surface area contributed by atoms with Crippen molar-refractivity contribution in [3.63, 3.8) is 0 Å². The van der Waals surface area contributed by atoms with Crippen LogP contribution in [0.25, 0.3) is 0 Å². The fourth-order valence-electron chi connectivity index (χ4n) is 0.816. The van der Waals surface area contributed by atoms with Crippen LogP contribution in [0, 0.1) is 0 Å². The van der Waals surface area contributed by atoms with Crippen LogP contribution in [0.2, 0.25) is 0 Å². The van der Waals surface area contributed by atoms with Crippen molar-refractivity contribution in [2.45, 2.75) is 52.6 Å². The Morgan fingerprint density at radius 2 is 1.36 bits per heavy atom. The molecule has 0 amide bonds. The highest BCUT2D eigenvalue weighted by Gasteiger charge is 2.31. The normalized spacial score (nSPS) is 14.9. The molecule has 0 aliphatic carbocycles. The van der Waals surface area contributed by atoms with Crippen molar-refractivity contribution in [2.75, 3.05) is 7.05 Å². The standard InChI is InChI=1S/C9H22N2O2S/c1-8(2,3)10-14(12,13)11(7)9(4,5)6/h10H,1-7H3. The lowest BCUT2D eigenvalue weighted by Crippen LogP contribution is -2.53. The van der Waals surface area contributed by atoms with Crippen LogP contribution in [-0.2, 0) is 10.2 Å². The van der Waals surface area contributed by atoms with Gasteiger partial charge >= 0.3 is 0 Å². The number of hydrogen-bond donors (Lipinski definition) is 1. The maximum Gasteiger partial charge on any atom is 0.280 e. The van der Waals surface area contributed by atoms with E-state index in [1.165, 1.54) is 4.31 Å². The Morgan fingerprint density at radius 1 is 1.00 bits per heavy atom. The molecule has 5 heteroatoms. The van der Waals surface area contributed by atoms with E-state index >= 15 is 0 Å². The lowest BCUT2D eigenvalue weighted by Gasteiger charge is -2.33. The van der Waals surface area contributed by atoms with Crippen molar-refractivity contribution in [2.24, 2.45) is 0 Å². The summed E-state index contributed by atoms with van der Waals surface area (Å²) in [5, 5.41) is 0. The van der Waals surface area contributed by atoms with E-state index in [1.807, 2.05) is 41.5 Å². The summed E-state index contributed by atoms with van der Waals surface area (Å²) in [6, 6.07) is 0. The lowest BCUT2D eigenvalue weighted by molar-refractivity contribution is 0.282. The van der Waals surface area contributed by atoms with Gasteiger partial charge in [-0.25, -0.2) is 0 Å². The number of rotatable bonds is 2. The Balaban J connectivity index is 4.83. The second-order valence-electron chi connectivity index (χ2n) is 5.50.